The van der Waals surface area contributed by atoms with E-state index in [1.54, 1.807) is 19.3 Å². The summed E-state index contributed by atoms with van der Waals surface area (Å²) in [4.78, 5) is 24.9. The lowest BCUT2D eigenvalue weighted by Crippen LogP contribution is -2.28. The van der Waals surface area contributed by atoms with Gasteiger partial charge in [0.2, 0.25) is 5.56 Å². The molecule has 1 aromatic heterocycles. The molecule has 23 heavy (non-hydrogen) atoms. The van der Waals surface area contributed by atoms with Crippen LogP contribution in [0.4, 0.5) is 0 Å². The second-order valence-electron chi connectivity index (χ2n) is 5.80. The highest BCUT2D eigenvalue weighted by molar-refractivity contribution is 7.99. The minimum Gasteiger partial charge on any atom is -0.345 e. The average molecular weight is 330 g/mol. The van der Waals surface area contributed by atoms with Gasteiger partial charge in [-0.15, -0.1) is 11.8 Å². The van der Waals surface area contributed by atoms with Crippen molar-refractivity contribution in [3.63, 3.8) is 0 Å². The minimum absolute atomic E-state index is 0.0992. The van der Waals surface area contributed by atoms with Crippen molar-refractivity contribution in [2.75, 3.05) is 0 Å². The first-order chi connectivity index (χ1) is 10.9. The molecule has 1 atom stereocenters. The van der Waals surface area contributed by atoms with Gasteiger partial charge in [-0.25, -0.2) is 0 Å². The number of nitrogens with one attached hydrogen (secondary N) is 1. The number of aromatic nitrogens is 1. The van der Waals surface area contributed by atoms with E-state index in [0.717, 1.165) is 5.56 Å². The first-order valence-electron chi connectivity index (χ1n) is 7.61. The van der Waals surface area contributed by atoms with E-state index in [9.17, 15) is 9.59 Å². The summed E-state index contributed by atoms with van der Waals surface area (Å²) in [7, 11) is 1.63. The Hall–Kier alpha value is -2.01. The molecule has 0 aliphatic rings. The number of pyridine rings is 1. The van der Waals surface area contributed by atoms with Crippen LogP contribution in [0.5, 0.6) is 0 Å². The average Bonchev–Trinajstić information content (AvgIpc) is 2.50. The molecule has 122 valence electrons. The third-order valence-electron chi connectivity index (χ3n) is 3.45. The summed E-state index contributed by atoms with van der Waals surface area (Å²) in [5, 5.41) is 3.50. The van der Waals surface area contributed by atoms with Crippen molar-refractivity contribution in [2.45, 2.75) is 37.0 Å². The Bertz CT molecular complexity index is 735. The maximum Gasteiger partial charge on any atom is 0.253 e. The van der Waals surface area contributed by atoms with Crippen molar-refractivity contribution in [1.82, 2.24) is 9.88 Å². The molecule has 1 amide bonds. The van der Waals surface area contributed by atoms with Crippen molar-refractivity contribution in [3.8, 4) is 0 Å². The van der Waals surface area contributed by atoms with Crippen LogP contribution < -0.4 is 10.9 Å². The van der Waals surface area contributed by atoms with Gasteiger partial charge in [-0.05, 0) is 30.7 Å². The summed E-state index contributed by atoms with van der Waals surface area (Å²) >= 11 is 1.81. The molecule has 0 saturated heterocycles. The summed E-state index contributed by atoms with van der Waals surface area (Å²) in [6, 6.07) is 11.1. The van der Waals surface area contributed by atoms with E-state index in [0.29, 0.717) is 10.8 Å². The molecule has 0 radical (unpaired) electrons. The van der Waals surface area contributed by atoms with E-state index < -0.39 is 0 Å². The molecular formula is C18H22N2O2S. The Morgan fingerprint density at radius 1 is 1.09 bits per heavy atom. The number of hydrogen-bond acceptors (Lipinski definition) is 3. The molecule has 0 unspecified atom stereocenters. The van der Waals surface area contributed by atoms with E-state index in [2.05, 4.69) is 31.3 Å². The van der Waals surface area contributed by atoms with Crippen LogP contribution in [0.3, 0.4) is 0 Å². The molecule has 2 aromatic rings. The predicted molar refractivity (Wildman–Crippen MR) is 95.0 cm³/mol. The lowest BCUT2D eigenvalue weighted by atomic mass is 10.1. The Kier molecular flexibility index (Phi) is 5.66. The quantitative estimate of drug-likeness (QED) is 0.855. The fourth-order valence-corrected chi connectivity index (χ4v) is 3.04. The normalized spacial score (nSPS) is 12.2. The largest absolute Gasteiger partial charge is 0.345 e. The second-order valence-corrected chi connectivity index (χ2v) is 7.45. The van der Waals surface area contributed by atoms with Crippen LogP contribution >= 0.6 is 11.8 Å². The van der Waals surface area contributed by atoms with Crippen molar-refractivity contribution >= 4 is 17.7 Å². The van der Waals surface area contributed by atoms with Crippen LogP contribution in [0.1, 0.15) is 42.7 Å². The van der Waals surface area contributed by atoms with Gasteiger partial charge >= 0.3 is 0 Å². The van der Waals surface area contributed by atoms with E-state index in [-0.39, 0.29) is 17.5 Å². The third kappa shape index (κ3) is 4.73. The molecule has 0 aliphatic carbocycles. The molecule has 0 bridgehead atoms. The maximum atomic E-state index is 12.3. The van der Waals surface area contributed by atoms with Gasteiger partial charge in [0.1, 0.15) is 0 Å². The van der Waals surface area contributed by atoms with Crippen molar-refractivity contribution in [1.29, 1.82) is 0 Å². The number of aryl methyl sites for hydroxylation is 1. The zero-order valence-electron chi connectivity index (χ0n) is 13.9. The van der Waals surface area contributed by atoms with Crippen LogP contribution in [-0.2, 0) is 7.05 Å². The van der Waals surface area contributed by atoms with E-state index in [1.807, 2.05) is 30.8 Å². The van der Waals surface area contributed by atoms with Crippen molar-refractivity contribution in [2.24, 2.45) is 7.05 Å². The molecule has 0 fully saturated rings. The zero-order valence-corrected chi connectivity index (χ0v) is 14.7. The summed E-state index contributed by atoms with van der Waals surface area (Å²) in [6.07, 6.45) is 1.55. The summed E-state index contributed by atoms with van der Waals surface area (Å²) in [5.41, 5.74) is 1.40. The summed E-state index contributed by atoms with van der Waals surface area (Å²) in [6.45, 7) is 6.27. The number of hydrogen-bond donors (Lipinski definition) is 1. The molecule has 1 heterocycles. The Morgan fingerprint density at radius 2 is 1.74 bits per heavy atom. The van der Waals surface area contributed by atoms with E-state index >= 15 is 0 Å². The summed E-state index contributed by atoms with van der Waals surface area (Å²) in [5.74, 6) is -0.186. The Labute approximate surface area is 140 Å². The van der Waals surface area contributed by atoms with E-state index in [4.69, 9.17) is 0 Å². The number of carbonyl (C=O) groups is 1. The number of amides is 1. The highest BCUT2D eigenvalue weighted by atomic mass is 32.2. The highest BCUT2D eigenvalue weighted by Gasteiger charge is 2.12. The molecule has 1 N–H and O–H groups in total. The summed E-state index contributed by atoms with van der Waals surface area (Å²) < 4.78 is 1.40. The van der Waals surface area contributed by atoms with Crippen LogP contribution in [0.25, 0.3) is 0 Å². The molecule has 4 nitrogen and oxygen atoms in total. The van der Waals surface area contributed by atoms with E-state index in [1.165, 1.54) is 15.5 Å². The van der Waals surface area contributed by atoms with Crippen molar-refractivity contribution < 1.29 is 4.79 Å². The maximum absolute atomic E-state index is 12.3. The standard InChI is InChI=1S/C18H22N2O2S/c1-12(2)23-16-8-5-14(6-9-16)13(3)19-18(22)15-7-10-17(21)20(4)11-15/h5-13H,1-4H3,(H,19,22)/t13-/m1/s1. The smallest absolute Gasteiger partial charge is 0.253 e. The van der Waals surface area contributed by atoms with Gasteiger partial charge < -0.3 is 9.88 Å². The van der Waals surface area contributed by atoms with Gasteiger partial charge in [0.15, 0.2) is 0 Å². The predicted octanol–water partition coefficient (Wildman–Crippen LogP) is 3.38. The second kappa shape index (κ2) is 7.51. The topological polar surface area (TPSA) is 51.1 Å². The van der Waals surface area contributed by atoms with Gasteiger partial charge in [-0.1, -0.05) is 26.0 Å². The lowest BCUT2D eigenvalue weighted by Gasteiger charge is -2.15. The number of carbonyl (C=O) groups excluding carboxylic acids is 1. The van der Waals surface area contributed by atoms with Crippen LogP contribution in [0.15, 0.2) is 52.3 Å². The first kappa shape index (κ1) is 17.3. The Balaban J connectivity index is 2.05. The molecule has 0 spiro atoms. The number of thioether (sulfide) groups is 1. The van der Waals surface area contributed by atoms with Gasteiger partial charge in [0.05, 0.1) is 11.6 Å². The van der Waals surface area contributed by atoms with Gasteiger partial charge in [-0.2, -0.15) is 0 Å². The first-order valence-corrected chi connectivity index (χ1v) is 8.49. The van der Waals surface area contributed by atoms with Gasteiger partial charge in [0.25, 0.3) is 5.91 Å². The van der Waals surface area contributed by atoms with Crippen LogP contribution in [-0.4, -0.2) is 15.7 Å². The number of nitrogens with zero attached hydrogens (tertiary/aromatic N) is 1. The monoisotopic (exact) mass is 330 g/mol. The molecule has 1 aromatic carbocycles. The van der Waals surface area contributed by atoms with Gasteiger partial charge in [0, 0.05) is 29.5 Å². The van der Waals surface area contributed by atoms with Crippen molar-refractivity contribution in [3.05, 3.63) is 64.1 Å². The van der Waals surface area contributed by atoms with Crippen LogP contribution in [0, 0.1) is 0 Å². The Morgan fingerprint density at radius 3 is 2.30 bits per heavy atom. The molecule has 5 heteroatoms. The molecule has 0 aliphatic heterocycles. The fraction of sp³-hybridized carbons (Fsp3) is 0.333. The highest BCUT2D eigenvalue weighted by Crippen LogP contribution is 2.24. The zero-order chi connectivity index (χ0) is 17.0. The van der Waals surface area contributed by atoms with Gasteiger partial charge in [-0.3, -0.25) is 9.59 Å². The fourth-order valence-electron chi connectivity index (χ4n) is 2.20. The van der Waals surface area contributed by atoms with Crippen LogP contribution in [0.2, 0.25) is 0 Å². The lowest BCUT2D eigenvalue weighted by molar-refractivity contribution is 0.0939. The number of rotatable bonds is 5. The molecule has 2 rings (SSSR count). The molecular weight excluding hydrogens is 308 g/mol. The minimum atomic E-state index is -0.186. The molecule has 0 saturated carbocycles. The third-order valence-corrected chi connectivity index (χ3v) is 4.46. The number of benzene rings is 1. The SMILES string of the molecule is CC(C)Sc1ccc([C@@H](C)NC(=O)c2ccc(=O)n(C)c2)cc1.